The summed E-state index contributed by atoms with van der Waals surface area (Å²) in [6.07, 6.45) is 0. The Kier molecular flexibility index (Phi) is 3.45. The molecule has 2 unspecified atom stereocenters. The molecular weight excluding hydrogens is 314 g/mol. The van der Waals surface area contributed by atoms with E-state index in [1.165, 1.54) is 12.1 Å². The molecule has 0 saturated carbocycles. The average molecular weight is 326 g/mol. The number of carbonyl (C=O) groups excluding carboxylic acids is 2. The highest BCUT2D eigenvalue weighted by Crippen LogP contribution is 2.32. The molecule has 0 radical (unpaired) electrons. The normalized spacial score (nSPS) is 23.0. The Hall–Kier alpha value is -1.69. The van der Waals surface area contributed by atoms with Crippen LogP contribution in [0.1, 0.15) is 24.2 Å². The summed E-state index contributed by atoms with van der Waals surface area (Å²) in [4.78, 5) is 36.2. The van der Waals surface area contributed by atoms with E-state index >= 15 is 0 Å². The van der Waals surface area contributed by atoms with Crippen LogP contribution in [0.4, 0.5) is 5.69 Å². The van der Waals surface area contributed by atoms with Crippen LogP contribution >= 0.6 is 15.9 Å². The van der Waals surface area contributed by atoms with Crippen molar-refractivity contribution in [2.75, 3.05) is 4.90 Å². The molecule has 19 heavy (non-hydrogen) atoms. The Bertz CT molecular complexity index is 564. The van der Waals surface area contributed by atoms with Crippen LogP contribution in [0.5, 0.6) is 0 Å². The van der Waals surface area contributed by atoms with Gasteiger partial charge in [0.1, 0.15) is 0 Å². The minimum atomic E-state index is -1.12. The standard InChI is InChI=1S/C13H12BrNO4/c1-6-7(2)12(17)15(11(6)16)8-3-4-10(14)9(5-8)13(18)19/h3-7H,1-2H3,(H,18,19). The van der Waals surface area contributed by atoms with E-state index in [-0.39, 0.29) is 29.2 Å². The first kappa shape index (κ1) is 13.7. The summed E-state index contributed by atoms with van der Waals surface area (Å²) in [5.74, 6) is -2.48. The van der Waals surface area contributed by atoms with Gasteiger partial charge in [0, 0.05) is 16.3 Å². The summed E-state index contributed by atoms with van der Waals surface area (Å²) in [7, 11) is 0. The molecule has 0 spiro atoms. The van der Waals surface area contributed by atoms with Crippen molar-refractivity contribution in [1.29, 1.82) is 0 Å². The van der Waals surface area contributed by atoms with Gasteiger partial charge in [-0.25, -0.2) is 4.79 Å². The number of amides is 2. The predicted molar refractivity (Wildman–Crippen MR) is 71.9 cm³/mol. The van der Waals surface area contributed by atoms with Gasteiger partial charge in [-0.15, -0.1) is 0 Å². The SMILES string of the molecule is CC1C(=O)N(c2ccc(Br)c(C(=O)O)c2)C(=O)C1C. The van der Waals surface area contributed by atoms with Gasteiger partial charge in [0.2, 0.25) is 11.8 Å². The van der Waals surface area contributed by atoms with Crippen LogP contribution in [0.3, 0.4) is 0 Å². The van der Waals surface area contributed by atoms with Crippen molar-refractivity contribution < 1.29 is 19.5 Å². The van der Waals surface area contributed by atoms with Crippen molar-refractivity contribution in [1.82, 2.24) is 0 Å². The van der Waals surface area contributed by atoms with Crippen LogP contribution in [0.25, 0.3) is 0 Å². The molecule has 1 heterocycles. The topological polar surface area (TPSA) is 74.7 Å². The maximum absolute atomic E-state index is 12.0. The molecule has 1 aromatic carbocycles. The molecule has 2 atom stereocenters. The number of imide groups is 1. The second kappa shape index (κ2) is 4.77. The number of rotatable bonds is 2. The summed E-state index contributed by atoms with van der Waals surface area (Å²) >= 11 is 3.12. The van der Waals surface area contributed by atoms with Gasteiger partial charge in [0.15, 0.2) is 0 Å². The largest absolute Gasteiger partial charge is 0.478 e. The molecule has 0 aromatic heterocycles. The van der Waals surface area contributed by atoms with Gasteiger partial charge in [0.25, 0.3) is 0 Å². The van der Waals surface area contributed by atoms with E-state index in [9.17, 15) is 14.4 Å². The lowest BCUT2D eigenvalue weighted by molar-refractivity contribution is -0.122. The number of carbonyl (C=O) groups is 3. The number of benzene rings is 1. The first-order valence-electron chi connectivity index (χ1n) is 5.75. The van der Waals surface area contributed by atoms with Crippen molar-refractivity contribution in [2.45, 2.75) is 13.8 Å². The maximum Gasteiger partial charge on any atom is 0.336 e. The van der Waals surface area contributed by atoms with Crippen LogP contribution in [0.15, 0.2) is 22.7 Å². The molecule has 1 N–H and O–H groups in total. The smallest absolute Gasteiger partial charge is 0.336 e. The third kappa shape index (κ3) is 2.16. The number of anilines is 1. The quantitative estimate of drug-likeness (QED) is 0.846. The summed E-state index contributed by atoms with van der Waals surface area (Å²) in [6, 6.07) is 4.40. The fourth-order valence-corrected chi connectivity index (χ4v) is 2.43. The highest BCUT2D eigenvalue weighted by Gasteiger charge is 2.43. The van der Waals surface area contributed by atoms with Crippen LogP contribution in [-0.2, 0) is 9.59 Å². The zero-order valence-electron chi connectivity index (χ0n) is 10.4. The minimum Gasteiger partial charge on any atom is -0.478 e. The lowest BCUT2D eigenvalue weighted by Crippen LogP contribution is -2.30. The summed E-state index contributed by atoms with van der Waals surface area (Å²) < 4.78 is 0.406. The molecule has 0 bridgehead atoms. The number of carboxylic acids is 1. The molecule has 100 valence electrons. The zero-order valence-corrected chi connectivity index (χ0v) is 12.0. The van der Waals surface area contributed by atoms with Gasteiger partial charge >= 0.3 is 5.97 Å². The van der Waals surface area contributed by atoms with Gasteiger partial charge in [-0.3, -0.25) is 14.5 Å². The summed E-state index contributed by atoms with van der Waals surface area (Å²) in [6.45, 7) is 3.39. The van der Waals surface area contributed by atoms with E-state index in [1.807, 2.05) is 0 Å². The van der Waals surface area contributed by atoms with Gasteiger partial charge in [-0.1, -0.05) is 13.8 Å². The lowest BCUT2D eigenvalue weighted by atomic mass is 10.00. The minimum absolute atomic E-state index is 0.0188. The second-order valence-electron chi connectivity index (χ2n) is 4.56. The van der Waals surface area contributed by atoms with E-state index in [1.54, 1.807) is 19.9 Å². The average Bonchev–Trinajstić information content (AvgIpc) is 2.55. The van der Waals surface area contributed by atoms with Crippen molar-refractivity contribution in [3.05, 3.63) is 28.2 Å². The molecule has 2 amide bonds. The summed E-state index contributed by atoms with van der Waals surface area (Å²) in [5, 5.41) is 9.05. The third-order valence-corrected chi connectivity index (χ3v) is 4.10. The highest BCUT2D eigenvalue weighted by molar-refractivity contribution is 9.10. The highest BCUT2D eigenvalue weighted by atomic mass is 79.9. The van der Waals surface area contributed by atoms with E-state index in [2.05, 4.69) is 15.9 Å². The molecule has 0 aliphatic carbocycles. The molecule has 5 nitrogen and oxygen atoms in total. The monoisotopic (exact) mass is 325 g/mol. The lowest BCUT2D eigenvalue weighted by Gasteiger charge is -2.15. The van der Waals surface area contributed by atoms with Gasteiger partial charge in [-0.05, 0) is 34.1 Å². The molecule has 1 saturated heterocycles. The molecule has 1 aliphatic heterocycles. The van der Waals surface area contributed by atoms with Gasteiger partial charge in [0.05, 0.1) is 11.3 Å². The number of halogens is 1. The zero-order chi connectivity index (χ0) is 14.3. The Balaban J connectivity index is 2.48. The number of aromatic carboxylic acids is 1. The van der Waals surface area contributed by atoms with Crippen LogP contribution < -0.4 is 4.90 Å². The molecular formula is C13H12BrNO4. The molecule has 2 rings (SSSR count). The van der Waals surface area contributed by atoms with E-state index in [4.69, 9.17) is 5.11 Å². The van der Waals surface area contributed by atoms with Crippen molar-refractivity contribution in [2.24, 2.45) is 11.8 Å². The van der Waals surface area contributed by atoms with Crippen molar-refractivity contribution in [3.8, 4) is 0 Å². The number of carboxylic acid groups (broad SMARTS) is 1. The van der Waals surface area contributed by atoms with E-state index in [0.717, 1.165) is 4.90 Å². The first-order chi connectivity index (χ1) is 8.84. The Morgan fingerprint density at radius 3 is 2.21 bits per heavy atom. The molecule has 1 aromatic rings. The van der Waals surface area contributed by atoms with Crippen molar-refractivity contribution in [3.63, 3.8) is 0 Å². The summed E-state index contributed by atoms with van der Waals surface area (Å²) in [5.41, 5.74) is 0.317. The fraction of sp³-hybridized carbons (Fsp3) is 0.308. The third-order valence-electron chi connectivity index (χ3n) is 3.41. The second-order valence-corrected chi connectivity index (χ2v) is 5.41. The van der Waals surface area contributed by atoms with Crippen LogP contribution in [0, 0.1) is 11.8 Å². The number of nitrogens with zero attached hydrogens (tertiary/aromatic N) is 1. The Morgan fingerprint density at radius 1 is 1.21 bits per heavy atom. The Morgan fingerprint density at radius 2 is 1.74 bits per heavy atom. The Labute approximate surface area is 118 Å². The van der Waals surface area contributed by atoms with Gasteiger partial charge in [-0.2, -0.15) is 0 Å². The first-order valence-corrected chi connectivity index (χ1v) is 6.54. The van der Waals surface area contributed by atoms with E-state index in [0.29, 0.717) is 10.2 Å². The van der Waals surface area contributed by atoms with E-state index < -0.39 is 5.97 Å². The van der Waals surface area contributed by atoms with Crippen molar-refractivity contribution >= 4 is 39.4 Å². The maximum atomic E-state index is 12.0. The molecule has 1 fully saturated rings. The molecule has 6 heteroatoms. The number of hydrogen-bond acceptors (Lipinski definition) is 3. The van der Waals surface area contributed by atoms with Crippen LogP contribution in [0.2, 0.25) is 0 Å². The van der Waals surface area contributed by atoms with Gasteiger partial charge < -0.3 is 5.11 Å². The predicted octanol–water partition coefficient (Wildman–Crippen LogP) is 2.29. The number of hydrogen-bond donors (Lipinski definition) is 1. The van der Waals surface area contributed by atoms with Crippen LogP contribution in [-0.4, -0.2) is 22.9 Å². The fourth-order valence-electron chi connectivity index (χ4n) is 2.01. The molecule has 1 aliphatic rings.